The van der Waals surface area contributed by atoms with Gasteiger partial charge in [-0.2, -0.15) is 0 Å². The van der Waals surface area contributed by atoms with Crippen LogP contribution in [0.4, 0.5) is 0 Å². The number of nitrogens with one attached hydrogen (secondary N) is 2. The lowest BCUT2D eigenvalue weighted by Gasteiger charge is -2.62. The first-order chi connectivity index (χ1) is 18.0. The summed E-state index contributed by atoms with van der Waals surface area (Å²) in [4.78, 5) is 0. The van der Waals surface area contributed by atoms with E-state index >= 15 is 0 Å². The van der Waals surface area contributed by atoms with Crippen molar-refractivity contribution < 1.29 is 0 Å². The summed E-state index contributed by atoms with van der Waals surface area (Å²) < 4.78 is 0. The van der Waals surface area contributed by atoms with Gasteiger partial charge in [0.15, 0.2) is 0 Å². The zero-order valence-corrected chi connectivity index (χ0v) is 27.4. The topological polar surface area (TPSA) is 24.1 Å². The molecule has 6 aliphatic rings. The molecule has 6 unspecified atom stereocenters. The predicted octanol–water partition coefficient (Wildman–Crippen LogP) is 8.25. The van der Waals surface area contributed by atoms with E-state index in [1.165, 1.54) is 83.2 Å². The summed E-state index contributed by atoms with van der Waals surface area (Å²) in [5.41, 5.74) is 7.58. The maximum absolute atomic E-state index is 3.99. The van der Waals surface area contributed by atoms with Crippen molar-refractivity contribution in [2.24, 2.45) is 23.7 Å². The van der Waals surface area contributed by atoms with E-state index in [4.69, 9.17) is 0 Å². The molecule has 2 nitrogen and oxygen atoms in total. The molecule has 38 heavy (non-hydrogen) atoms. The fraction of sp³-hybridized carbons (Fsp3) is 0.824. The fourth-order valence-electron chi connectivity index (χ4n) is 10.00. The first kappa shape index (κ1) is 28.1. The van der Waals surface area contributed by atoms with Crippen LogP contribution in [0.5, 0.6) is 0 Å². The standard InChI is InChI=1S/C34H56N2P2/c1-32(2,3)27-16-25(21-38(30-9-7-11-35-30)31-10-8-12-36-31)26(17-28(27)33(4,5)6)34-18-22-13-23(19-34)15-24(14-22)29(34)20-37/h16-17,22-24,29-31,35-36H,7-15,18-21,37H2,1-6H3. The Labute approximate surface area is 238 Å². The Hall–Kier alpha value is -0.0000000000000000555. The predicted molar refractivity (Wildman–Crippen MR) is 170 cm³/mol. The van der Waals surface area contributed by atoms with Crippen molar-refractivity contribution in [2.45, 2.75) is 133 Å². The second-order valence-electron chi connectivity index (χ2n) is 16.1. The van der Waals surface area contributed by atoms with Gasteiger partial charge in [0.1, 0.15) is 0 Å². The van der Waals surface area contributed by atoms with Crippen molar-refractivity contribution in [1.82, 2.24) is 10.6 Å². The Kier molecular flexibility index (Phi) is 7.68. The molecule has 0 spiro atoms. The Balaban J connectivity index is 1.52. The molecule has 2 saturated heterocycles. The Morgan fingerprint density at radius 3 is 1.87 bits per heavy atom. The minimum Gasteiger partial charge on any atom is -0.310 e. The van der Waals surface area contributed by atoms with Gasteiger partial charge in [-0.05, 0) is 145 Å². The van der Waals surface area contributed by atoms with Crippen LogP contribution in [0, 0.1) is 23.7 Å². The molecule has 212 valence electrons. The first-order valence-electron chi connectivity index (χ1n) is 16.1. The van der Waals surface area contributed by atoms with E-state index in [0.717, 1.165) is 35.2 Å². The lowest BCUT2D eigenvalue weighted by molar-refractivity contribution is -0.0521. The van der Waals surface area contributed by atoms with E-state index < -0.39 is 0 Å². The van der Waals surface area contributed by atoms with Gasteiger partial charge >= 0.3 is 0 Å². The molecule has 2 N–H and O–H groups in total. The SMILES string of the molecule is CC(C)(C)c1cc(CP(C2CCCN2)C2CCCN2)c(C23CC4CC(CC(C4)C2CP)C3)cc1C(C)(C)C. The Morgan fingerprint density at radius 1 is 0.842 bits per heavy atom. The normalized spacial score (nSPS) is 37.8. The summed E-state index contributed by atoms with van der Waals surface area (Å²) in [5, 5.41) is 7.99. The molecule has 0 aromatic heterocycles. The summed E-state index contributed by atoms with van der Waals surface area (Å²) in [6.07, 6.45) is 15.6. The van der Waals surface area contributed by atoms with Crippen molar-refractivity contribution in [2.75, 3.05) is 19.3 Å². The molecule has 6 atom stereocenters. The van der Waals surface area contributed by atoms with Gasteiger partial charge in [0.2, 0.25) is 0 Å². The molecule has 4 bridgehead atoms. The first-order valence-corrected chi connectivity index (χ1v) is 18.6. The summed E-state index contributed by atoms with van der Waals surface area (Å²) in [6.45, 7) is 17.2. The third-order valence-corrected chi connectivity index (χ3v) is 15.1. The van der Waals surface area contributed by atoms with Gasteiger partial charge in [-0.1, -0.05) is 61.6 Å². The van der Waals surface area contributed by atoms with Crippen LogP contribution in [0.25, 0.3) is 0 Å². The molecule has 0 radical (unpaired) electrons. The van der Waals surface area contributed by atoms with Crippen LogP contribution in [0.1, 0.15) is 122 Å². The molecule has 0 amide bonds. The third-order valence-electron chi connectivity index (χ3n) is 11.4. The van der Waals surface area contributed by atoms with Crippen LogP contribution in [0.2, 0.25) is 0 Å². The van der Waals surface area contributed by atoms with Crippen molar-refractivity contribution in [3.63, 3.8) is 0 Å². The summed E-state index contributed by atoms with van der Waals surface area (Å²) in [6, 6.07) is 5.61. The zero-order chi connectivity index (χ0) is 26.9. The average molecular weight is 555 g/mol. The van der Waals surface area contributed by atoms with Gasteiger partial charge in [0.25, 0.3) is 0 Å². The Morgan fingerprint density at radius 2 is 1.39 bits per heavy atom. The van der Waals surface area contributed by atoms with E-state index in [1.807, 2.05) is 5.56 Å². The van der Waals surface area contributed by atoms with Crippen LogP contribution in [0.3, 0.4) is 0 Å². The highest BCUT2D eigenvalue weighted by Gasteiger charge is 2.57. The molecule has 4 aliphatic carbocycles. The fourth-order valence-corrected chi connectivity index (χ4v) is 14.1. The minimum atomic E-state index is -0.129. The minimum absolute atomic E-state index is 0.129. The second-order valence-corrected chi connectivity index (χ2v) is 19.1. The van der Waals surface area contributed by atoms with E-state index in [9.17, 15) is 0 Å². The highest BCUT2D eigenvalue weighted by molar-refractivity contribution is 7.58. The summed E-state index contributed by atoms with van der Waals surface area (Å²) in [7, 11) is 3.10. The molecule has 2 aliphatic heterocycles. The van der Waals surface area contributed by atoms with Crippen molar-refractivity contribution in [1.29, 1.82) is 0 Å². The number of rotatable bonds is 6. The van der Waals surface area contributed by atoms with E-state index in [2.05, 4.69) is 73.5 Å². The van der Waals surface area contributed by atoms with Gasteiger partial charge in [-0.15, -0.1) is 9.24 Å². The van der Waals surface area contributed by atoms with E-state index in [-0.39, 0.29) is 18.8 Å². The molecule has 2 heterocycles. The van der Waals surface area contributed by atoms with Crippen LogP contribution < -0.4 is 10.6 Å². The Bertz CT molecular complexity index is 979. The summed E-state index contributed by atoms with van der Waals surface area (Å²) >= 11 is 0. The molecule has 6 fully saturated rings. The quantitative estimate of drug-likeness (QED) is 0.346. The molecule has 1 aromatic carbocycles. The van der Waals surface area contributed by atoms with Crippen LogP contribution in [-0.4, -0.2) is 30.8 Å². The monoisotopic (exact) mass is 554 g/mol. The van der Waals surface area contributed by atoms with Crippen LogP contribution in [-0.2, 0) is 22.4 Å². The molecule has 4 saturated carbocycles. The molecule has 1 aromatic rings. The zero-order valence-electron chi connectivity index (χ0n) is 25.3. The van der Waals surface area contributed by atoms with Gasteiger partial charge in [-0.3, -0.25) is 0 Å². The number of hydrogen-bond acceptors (Lipinski definition) is 2. The average Bonchev–Trinajstić information content (AvgIpc) is 3.55. The maximum Gasteiger partial charge on any atom is 0.0286 e. The largest absolute Gasteiger partial charge is 0.310 e. The number of hydrogen-bond donors (Lipinski definition) is 2. The van der Waals surface area contributed by atoms with Crippen molar-refractivity contribution in [3.05, 3.63) is 34.4 Å². The summed E-state index contributed by atoms with van der Waals surface area (Å²) in [5.74, 6) is 5.24. The highest BCUT2D eigenvalue weighted by Crippen LogP contribution is 2.65. The van der Waals surface area contributed by atoms with Gasteiger partial charge < -0.3 is 10.6 Å². The van der Waals surface area contributed by atoms with E-state index in [1.54, 1.807) is 16.7 Å². The smallest absolute Gasteiger partial charge is 0.0286 e. The molecular weight excluding hydrogens is 498 g/mol. The van der Waals surface area contributed by atoms with Gasteiger partial charge in [-0.25, -0.2) is 0 Å². The molecule has 7 rings (SSSR count). The van der Waals surface area contributed by atoms with Crippen LogP contribution >= 0.6 is 17.2 Å². The maximum atomic E-state index is 3.99. The van der Waals surface area contributed by atoms with Gasteiger partial charge in [0, 0.05) is 11.6 Å². The van der Waals surface area contributed by atoms with Crippen LogP contribution in [0.15, 0.2) is 12.1 Å². The number of benzene rings is 1. The van der Waals surface area contributed by atoms with E-state index in [0.29, 0.717) is 5.41 Å². The lowest BCUT2D eigenvalue weighted by Crippen LogP contribution is -2.56. The van der Waals surface area contributed by atoms with Crippen molar-refractivity contribution >= 4 is 17.2 Å². The second kappa shape index (κ2) is 10.4. The van der Waals surface area contributed by atoms with Crippen molar-refractivity contribution in [3.8, 4) is 0 Å². The molecular formula is C34H56N2P2. The lowest BCUT2D eigenvalue weighted by atomic mass is 9.43. The molecule has 4 heteroatoms. The third kappa shape index (κ3) is 4.99. The van der Waals surface area contributed by atoms with Gasteiger partial charge in [0.05, 0.1) is 0 Å². The highest BCUT2D eigenvalue weighted by atomic mass is 31.1.